The van der Waals surface area contributed by atoms with Gasteiger partial charge in [0.15, 0.2) is 0 Å². The van der Waals surface area contributed by atoms with E-state index < -0.39 is 17.4 Å². The second-order valence-corrected chi connectivity index (χ2v) is 8.79. The van der Waals surface area contributed by atoms with Gasteiger partial charge in [-0.15, -0.1) is 0 Å². The molecule has 0 heterocycles. The summed E-state index contributed by atoms with van der Waals surface area (Å²) in [6.07, 6.45) is 7.44. The molecule has 35 heavy (non-hydrogen) atoms. The SMILES string of the molecule is CCC(C)(C)C(=O)OCCCCCCOc1ccc(/C=C/C(=O)Oc2ccc(C(=O)O)cc2)cc1. The molecule has 7 nitrogen and oxygen atoms in total. The summed E-state index contributed by atoms with van der Waals surface area (Å²) in [5.41, 5.74) is 0.522. The van der Waals surface area contributed by atoms with Gasteiger partial charge in [-0.3, -0.25) is 4.79 Å². The van der Waals surface area contributed by atoms with E-state index in [2.05, 4.69) is 0 Å². The molecule has 2 aromatic carbocycles. The van der Waals surface area contributed by atoms with Crippen LogP contribution in [0.5, 0.6) is 11.5 Å². The lowest BCUT2D eigenvalue weighted by Crippen LogP contribution is -2.26. The molecule has 0 bridgehead atoms. The summed E-state index contributed by atoms with van der Waals surface area (Å²) >= 11 is 0. The van der Waals surface area contributed by atoms with E-state index in [0.29, 0.717) is 13.2 Å². The summed E-state index contributed by atoms with van der Waals surface area (Å²) in [5.74, 6) is -0.710. The lowest BCUT2D eigenvalue weighted by Gasteiger charge is -2.20. The van der Waals surface area contributed by atoms with Crippen LogP contribution in [0.1, 0.15) is 68.8 Å². The van der Waals surface area contributed by atoms with Gasteiger partial charge in [0.05, 0.1) is 24.2 Å². The van der Waals surface area contributed by atoms with Gasteiger partial charge in [-0.25, -0.2) is 9.59 Å². The Morgan fingerprint density at radius 3 is 2.06 bits per heavy atom. The fraction of sp³-hybridized carbons (Fsp3) is 0.393. The summed E-state index contributed by atoms with van der Waals surface area (Å²) < 4.78 is 16.2. The number of rotatable bonds is 14. The normalized spacial score (nSPS) is 11.3. The van der Waals surface area contributed by atoms with Gasteiger partial charge in [-0.2, -0.15) is 0 Å². The number of esters is 2. The van der Waals surface area contributed by atoms with Crippen molar-refractivity contribution in [3.8, 4) is 11.5 Å². The van der Waals surface area contributed by atoms with Gasteiger partial charge in [-0.1, -0.05) is 19.1 Å². The molecule has 1 N–H and O–H groups in total. The number of carboxylic acids is 1. The predicted molar refractivity (Wildman–Crippen MR) is 134 cm³/mol. The van der Waals surface area contributed by atoms with E-state index in [0.717, 1.165) is 43.4 Å². The van der Waals surface area contributed by atoms with Crippen LogP contribution in [-0.2, 0) is 14.3 Å². The molecule has 188 valence electrons. The van der Waals surface area contributed by atoms with Crippen LogP contribution in [0.4, 0.5) is 0 Å². The topological polar surface area (TPSA) is 99.1 Å². The number of ether oxygens (including phenoxy) is 3. The van der Waals surface area contributed by atoms with Crippen molar-refractivity contribution >= 4 is 24.0 Å². The highest BCUT2D eigenvalue weighted by Gasteiger charge is 2.26. The average molecular weight is 483 g/mol. The maximum atomic E-state index is 12.0. The molecule has 0 fully saturated rings. The maximum absolute atomic E-state index is 12.0. The Bertz CT molecular complexity index is 989. The van der Waals surface area contributed by atoms with E-state index in [9.17, 15) is 14.4 Å². The Kier molecular flexibility index (Phi) is 11.0. The largest absolute Gasteiger partial charge is 0.494 e. The first kappa shape index (κ1) is 27.6. The Labute approximate surface area is 206 Å². The first-order chi connectivity index (χ1) is 16.7. The van der Waals surface area contributed by atoms with Gasteiger partial charge in [-0.05, 0) is 94.0 Å². The van der Waals surface area contributed by atoms with Crippen molar-refractivity contribution in [2.75, 3.05) is 13.2 Å². The third-order valence-electron chi connectivity index (χ3n) is 5.59. The number of aromatic carboxylic acids is 1. The van der Waals surface area contributed by atoms with Crippen LogP contribution in [0.25, 0.3) is 6.08 Å². The van der Waals surface area contributed by atoms with Crippen molar-refractivity contribution in [2.24, 2.45) is 5.41 Å². The van der Waals surface area contributed by atoms with Crippen LogP contribution >= 0.6 is 0 Å². The molecule has 0 aliphatic carbocycles. The minimum Gasteiger partial charge on any atom is -0.494 e. The average Bonchev–Trinajstić information content (AvgIpc) is 2.85. The Balaban J connectivity index is 1.62. The summed E-state index contributed by atoms with van der Waals surface area (Å²) in [5, 5.41) is 8.89. The zero-order valence-corrected chi connectivity index (χ0v) is 20.6. The molecule has 0 amide bonds. The van der Waals surface area contributed by atoms with Gasteiger partial charge in [0.1, 0.15) is 11.5 Å². The van der Waals surface area contributed by atoms with Crippen molar-refractivity contribution < 1.29 is 33.7 Å². The van der Waals surface area contributed by atoms with Gasteiger partial charge < -0.3 is 19.3 Å². The Morgan fingerprint density at radius 1 is 0.857 bits per heavy atom. The summed E-state index contributed by atoms with van der Waals surface area (Å²) in [4.78, 5) is 34.7. The van der Waals surface area contributed by atoms with Gasteiger partial charge in [0.25, 0.3) is 0 Å². The number of benzene rings is 2. The molecule has 0 atom stereocenters. The van der Waals surface area contributed by atoms with Crippen molar-refractivity contribution in [3.63, 3.8) is 0 Å². The molecule has 0 spiro atoms. The van der Waals surface area contributed by atoms with E-state index in [1.165, 1.54) is 30.3 Å². The van der Waals surface area contributed by atoms with Gasteiger partial charge in [0.2, 0.25) is 0 Å². The second kappa shape index (κ2) is 13.9. The lowest BCUT2D eigenvalue weighted by atomic mass is 9.91. The van der Waals surface area contributed by atoms with Crippen molar-refractivity contribution in [1.29, 1.82) is 0 Å². The molecule has 2 rings (SSSR count). The molecule has 0 saturated carbocycles. The molecule has 2 aromatic rings. The standard InChI is InChI=1S/C28H34O7/c1-4-28(2,3)27(32)34-20-8-6-5-7-19-33-23-14-9-21(10-15-23)11-18-25(29)35-24-16-12-22(13-17-24)26(30)31/h9-18H,4-8,19-20H2,1-3H3,(H,30,31)/b18-11+. The third-order valence-corrected chi connectivity index (χ3v) is 5.59. The highest BCUT2D eigenvalue weighted by Crippen LogP contribution is 2.21. The summed E-state index contributed by atoms with van der Waals surface area (Å²) in [7, 11) is 0. The first-order valence-corrected chi connectivity index (χ1v) is 11.8. The Hall–Kier alpha value is -3.61. The molecule has 0 aromatic heterocycles. The van der Waals surface area contributed by atoms with Gasteiger partial charge in [0, 0.05) is 6.08 Å². The number of carbonyl (C=O) groups excluding carboxylic acids is 2. The van der Waals surface area contributed by atoms with Crippen LogP contribution in [-0.4, -0.2) is 36.2 Å². The van der Waals surface area contributed by atoms with E-state index in [1.807, 2.05) is 45.0 Å². The smallest absolute Gasteiger partial charge is 0.336 e. The number of unbranched alkanes of at least 4 members (excludes halogenated alkanes) is 3. The highest BCUT2D eigenvalue weighted by atomic mass is 16.5. The fourth-order valence-corrected chi connectivity index (χ4v) is 2.91. The molecule has 0 unspecified atom stereocenters. The molecule has 0 aliphatic rings. The van der Waals surface area contributed by atoms with Gasteiger partial charge >= 0.3 is 17.9 Å². The molecule has 0 aliphatic heterocycles. The molecular formula is C28H34O7. The molecular weight excluding hydrogens is 448 g/mol. The van der Waals surface area contributed by atoms with Crippen LogP contribution < -0.4 is 9.47 Å². The number of hydrogen-bond acceptors (Lipinski definition) is 6. The van der Waals surface area contributed by atoms with Crippen LogP contribution in [0.15, 0.2) is 54.6 Å². The molecule has 0 radical (unpaired) electrons. The van der Waals surface area contributed by atoms with E-state index >= 15 is 0 Å². The zero-order chi connectivity index (χ0) is 25.7. The minimum absolute atomic E-state index is 0.122. The van der Waals surface area contributed by atoms with E-state index in [4.69, 9.17) is 19.3 Å². The third kappa shape index (κ3) is 10.0. The highest BCUT2D eigenvalue weighted by molar-refractivity contribution is 5.89. The van der Waals surface area contributed by atoms with E-state index in [1.54, 1.807) is 6.08 Å². The summed E-state index contributed by atoms with van der Waals surface area (Å²) in [6.45, 7) is 6.84. The van der Waals surface area contributed by atoms with E-state index in [-0.39, 0.29) is 17.3 Å². The predicted octanol–water partition coefficient (Wildman–Crippen LogP) is 5.92. The van der Waals surface area contributed by atoms with Crippen LogP contribution in [0.2, 0.25) is 0 Å². The summed E-state index contributed by atoms with van der Waals surface area (Å²) in [6, 6.07) is 13.0. The quantitative estimate of drug-likeness (QED) is 0.154. The minimum atomic E-state index is -1.04. The first-order valence-electron chi connectivity index (χ1n) is 11.8. The van der Waals surface area contributed by atoms with Crippen molar-refractivity contribution in [1.82, 2.24) is 0 Å². The van der Waals surface area contributed by atoms with Crippen molar-refractivity contribution in [2.45, 2.75) is 52.9 Å². The fourth-order valence-electron chi connectivity index (χ4n) is 2.91. The second-order valence-electron chi connectivity index (χ2n) is 8.79. The number of hydrogen-bond donors (Lipinski definition) is 1. The molecule has 0 saturated heterocycles. The monoisotopic (exact) mass is 482 g/mol. The van der Waals surface area contributed by atoms with Crippen LogP contribution in [0.3, 0.4) is 0 Å². The van der Waals surface area contributed by atoms with Crippen molar-refractivity contribution in [3.05, 3.63) is 65.7 Å². The Morgan fingerprint density at radius 2 is 1.46 bits per heavy atom. The van der Waals surface area contributed by atoms with Crippen LogP contribution in [0, 0.1) is 5.41 Å². The lowest BCUT2D eigenvalue weighted by molar-refractivity contribution is -0.154. The number of carboxylic acid groups (broad SMARTS) is 1. The zero-order valence-electron chi connectivity index (χ0n) is 20.6. The maximum Gasteiger partial charge on any atom is 0.336 e. The molecule has 7 heteroatoms. The number of carbonyl (C=O) groups is 3.